The van der Waals surface area contributed by atoms with E-state index in [-0.39, 0.29) is 6.10 Å². The van der Waals surface area contributed by atoms with Gasteiger partial charge in [-0.25, -0.2) is 0 Å². The minimum Gasteiger partial charge on any atom is -0.388 e. The van der Waals surface area contributed by atoms with Crippen molar-refractivity contribution in [2.24, 2.45) is 5.92 Å². The zero-order valence-corrected chi connectivity index (χ0v) is 19.5. The molecule has 2 aliphatic rings. The Kier molecular flexibility index (Phi) is 7.81. The topological polar surface area (TPSA) is 26.7 Å². The van der Waals surface area contributed by atoms with Crippen LogP contribution in [0.5, 0.6) is 0 Å². The highest BCUT2D eigenvalue weighted by Crippen LogP contribution is 2.29. The fraction of sp³-hybridized carbons (Fsp3) is 0.571. The lowest BCUT2D eigenvalue weighted by Crippen LogP contribution is -2.38. The molecular weight excluding hydrogens is 380 g/mol. The summed E-state index contributed by atoms with van der Waals surface area (Å²) in [5, 5.41) is 10.9. The van der Waals surface area contributed by atoms with E-state index in [2.05, 4.69) is 72.2 Å². The average Bonchev–Trinajstić information content (AvgIpc) is 3.00. The summed E-state index contributed by atoms with van der Waals surface area (Å²) < 4.78 is 0. The fourth-order valence-electron chi connectivity index (χ4n) is 5.32. The third-order valence-corrected chi connectivity index (χ3v) is 7.49. The molecule has 1 atom stereocenters. The van der Waals surface area contributed by atoms with Crippen LogP contribution in [0.1, 0.15) is 67.9 Å². The maximum absolute atomic E-state index is 10.9. The Morgan fingerprint density at radius 2 is 1.61 bits per heavy atom. The standard InChI is InChI=1S/C28H40N2O/c1-22(2)30-18-12-23(13-19-30)8-11-28(31)27-10-9-25-14-16-29(17-15-26(25)20-27)21-24-6-4-3-5-7-24/h3-7,9-10,20,22-23,28,31H,8,11-19,21H2,1-2H3. The van der Waals surface area contributed by atoms with Crippen LogP contribution in [-0.2, 0) is 19.4 Å². The zero-order valence-electron chi connectivity index (χ0n) is 19.5. The number of nitrogens with zero attached hydrogens (tertiary/aromatic N) is 2. The number of fused-ring (bicyclic) bond motifs is 1. The average molecular weight is 421 g/mol. The van der Waals surface area contributed by atoms with E-state index in [1.54, 1.807) is 0 Å². The van der Waals surface area contributed by atoms with Gasteiger partial charge in [-0.3, -0.25) is 4.90 Å². The molecule has 0 spiro atoms. The second-order valence-electron chi connectivity index (χ2n) is 9.96. The molecule has 1 N–H and O–H groups in total. The van der Waals surface area contributed by atoms with Crippen LogP contribution in [0.15, 0.2) is 48.5 Å². The maximum atomic E-state index is 10.9. The van der Waals surface area contributed by atoms with Gasteiger partial charge in [0.15, 0.2) is 0 Å². The van der Waals surface area contributed by atoms with E-state index < -0.39 is 0 Å². The SMILES string of the molecule is CC(C)N1CCC(CCC(O)c2ccc3c(c2)CCN(Cc2ccccc2)CC3)CC1. The molecule has 168 valence electrons. The number of likely N-dealkylation sites (tertiary alicyclic amines) is 1. The summed E-state index contributed by atoms with van der Waals surface area (Å²) in [6, 6.07) is 18.2. The largest absolute Gasteiger partial charge is 0.388 e. The number of piperidine rings is 1. The number of benzene rings is 2. The minimum absolute atomic E-state index is 0.322. The van der Waals surface area contributed by atoms with E-state index in [1.165, 1.54) is 42.6 Å². The van der Waals surface area contributed by atoms with Gasteiger partial charge in [-0.2, -0.15) is 0 Å². The van der Waals surface area contributed by atoms with E-state index >= 15 is 0 Å². The molecule has 0 saturated carbocycles. The summed E-state index contributed by atoms with van der Waals surface area (Å²) in [5.74, 6) is 0.775. The molecule has 1 fully saturated rings. The Bertz CT molecular complexity index is 811. The van der Waals surface area contributed by atoms with Gasteiger partial charge in [0.1, 0.15) is 0 Å². The van der Waals surface area contributed by atoms with Gasteiger partial charge in [0.05, 0.1) is 6.10 Å². The molecule has 2 heterocycles. The molecule has 1 unspecified atom stereocenters. The predicted molar refractivity (Wildman–Crippen MR) is 129 cm³/mol. The van der Waals surface area contributed by atoms with E-state index in [9.17, 15) is 5.11 Å². The van der Waals surface area contributed by atoms with Crippen LogP contribution in [-0.4, -0.2) is 47.1 Å². The van der Waals surface area contributed by atoms with Gasteiger partial charge in [0.2, 0.25) is 0 Å². The molecular formula is C28H40N2O. The van der Waals surface area contributed by atoms with Crippen molar-refractivity contribution in [2.45, 2.75) is 71.1 Å². The first-order valence-electron chi connectivity index (χ1n) is 12.4. The predicted octanol–water partition coefficient (Wildman–Crippen LogP) is 5.22. The van der Waals surface area contributed by atoms with E-state index in [0.29, 0.717) is 6.04 Å². The molecule has 0 aromatic heterocycles. The van der Waals surface area contributed by atoms with Gasteiger partial charge >= 0.3 is 0 Å². The molecule has 3 nitrogen and oxygen atoms in total. The van der Waals surface area contributed by atoms with Crippen molar-refractivity contribution >= 4 is 0 Å². The van der Waals surface area contributed by atoms with Crippen LogP contribution < -0.4 is 0 Å². The van der Waals surface area contributed by atoms with Crippen LogP contribution in [0.2, 0.25) is 0 Å². The normalized spacial score (nSPS) is 19.9. The molecule has 0 radical (unpaired) electrons. The van der Waals surface area contributed by atoms with Crippen molar-refractivity contribution in [1.82, 2.24) is 9.80 Å². The number of aliphatic hydroxyl groups is 1. The highest BCUT2D eigenvalue weighted by molar-refractivity contribution is 5.34. The van der Waals surface area contributed by atoms with Crippen LogP contribution in [0.25, 0.3) is 0 Å². The first-order valence-corrected chi connectivity index (χ1v) is 12.4. The summed E-state index contributed by atoms with van der Waals surface area (Å²) in [4.78, 5) is 5.15. The summed E-state index contributed by atoms with van der Waals surface area (Å²) in [5.41, 5.74) is 5.42. The van der Waals surface area contributed by atoms with Crippen molar-refractivity contribution in [1.29, 1.82) is 0 Å². The van der Waals surface area contributed by atoms with Gasteiger partial charge in [0.25, 0.3) is 0 Å². The van der Waals surface area contributed by atoms with Crippen molar-refractivity contribution in [3.05, 3.63) is 70.8 Å². The fourth-order valence-corrected chi connectivity index (χ4v) is 5.32. The smallest absolute Gasteiger partial charge is 0.0790 e. The number of rotatable bonds is 7. The van der Waals surface area contributed by atoms with Gasteiger partial charge < -0.3 is 10.0 Å². The highest BCUT2D eigenvalue weighted by atomic mass is 16.3. The van der Waals surface area contributed by atoms with Crippen LogP contribution in [0.3, 0.4) is 0 Å². The lowest BCUT2D eigenvalue weighted by atomic mass is 9.89. The van der Waals surface area contributed by atoms with Crippen molar-refractivity contribution in [3.8, 4) is 0 Å². The third-order valence-electron chi connectivity index (χ3n) is 7.49. The zero-order chi connectivity index (χ0) is 21.6. The first kappa shape index (κ1) is 22.5. The lowest BCUT2D eigenvalue weighted by Gasteiger charge is -2.34. The first-order chi connectivity index (χ1) is 15.1. The Morgan fingerprint density at radius 3 is 2.32 bits per heavy atom. The summed E-state index contributed by atoms with van der Waals surface area (Å²) in [6.07, 6.45) is 6.47. The molecule has 3 heteroatoms. The monoisotopic (exact) mass is 420 g/mol. The molecule has 1 saturated heterocycles. The van der Waals surface area contributed by atoms with E-state index in [0.717, 1.165) is 56.8 Å². The molecule has 31 heavy (non-hydrogen) atoms. The number of aliphatic hydroxyl groups excluding tert-OH is 1. The summed E-state index contributed by atoms with van der Waals surface area (Å²) >= 11 is 0. The molecule has 0 bridgehead atoms. The molecule has 2 aromatic carbocycles. The molecule has 0 aliphatic carbocycles. The number of hydrogen-bond acceptors (Lipinski definition) is 3. The van der Waals surface area contributed by atoms with Crippen molar-refractivity contribution in [2.75, 3.05) is 26.2 Å². The van der Waals surface area contributed by atoms with Crippen molar-refractivity contribution < 1.29 is 5.11 Å². The Morgan fingerprint density at radius 1 is 0.903 bits per heavy atom. The van der Waals surface area contributed by atoms with Crippen LogP contribution in [0, 0.1) is 5.92 Å². The number of hydrogen-bond donors (Lipinski definition) is 1. The summed E-state index contributed by atoms with van der Waals surface area (Å²) in [7, 11) is 0. The Hall–Kier alpha value is -1.68. The molecule has 4 rings (SSSR count). The molecule has 0 amide bonds. The Labute approximate surface area is 189 Å². The van der Waals surface area contributed by atoms with Crippen LogP contribution >= 0.6 is 0 Å². The van der Waals surface area contributed by atoms with Gasteiger partial charge in [0, 0.05) is 25.7 Å². The lowest BCUT2D eigenvalue weighted by molar-refractivity contribution is 0.121. The van der Waals surface area contributed by atoms with Gasteiger partial charge in [-0.1, -0.05) is 48.5 Å². The summed E-state index contributed by atoms with van der Waals surface area (Å²) in [6.45, 7) is 10.3. The molecule has 2 aromatic rings. The quantitative estimate of drug-likeness (QED) is 0.665. The molecule has 2 aliphatic heterocycles. The second kappa shape index (κ2) is 10.8. The highest BCUT2D eigenvalue weighted by Gasteiger charge is 2.22. The van der Waals surface area contributed by atoms with Gasteiger partial charge in [-0.05, 0) is 93.6 Å². The van der Waals surface area contributed by atoms with Crippen molar-refractivity contribution in [3.63, 3.8) is 0 Å². The minimum atomic E-state index is -0.322. The maximum Gasteiger partial charge on any atom is 0.0790 e. The van der Waals surface area contributed by atoms with E-state index in [4.69, 9.17) is 0 Å². The Balaban J connectivity index is 1.29. The van der Waals surface area contributed by atoms with Crippen LogP contribution in [0.4, 0.5) is 0 Å². The van der Waals surface area contributed by atoms with E-state index in [1.807, 2.05) is 0 Å². The third kappa shape index (κ3) is 6.19. The van der Waals surface area contributed by atoms with Gasteiger partial charge in [-0.15, -0.1) is 0 Å². The second-order valence-corrected chi connectivity index (χ2v) is 9.96.